The van der Waals surface area contributed by atoms with Gasteiger partial charge in [0.15, 0.2) is 0 Å². The fourth-order valence-electron chi connectivity index (χ4n) is 0.347. The second kappa shape index (κ2) is 4.54. The molecule has 0 atom stereocenters. The van der Waals surface area contributed by atoms with Gasteiger partial charge in [-0.05, 0) is 0 Å². The Labute approximate surface area is 57.3 Å². The highest BCUT2D eigenvalue weighted by Crippen LogP contribution is 1.71. The molecule has 10 heavy (non-hydrogen) atoms. The Morgan fingerprint density at radius 1 is 1.80 bits per heavy atom. The van der Waals surface area contributed by atoms with Crippen LogP contribution in [0.25, 0.3) is 0 Å². The highest BCUT2D eigenvalue weighted by atomic mass is 16.9. The van der Waals surface area contributed by atoms with Crippen molar-refractivity contribution in [1.29, 1.82) is 0 Å². The van der Waals surface area contributed by atoms with Crippen LogP contribution in [0.4, 0.5) is 0 Å². The molecule has 0 spiro atoms. The van der Waals surface area contributed by atoms with Crippen LogP contribution < -0.4 is 5.32 Å². The molecule has 0 aromatic heterocycles. The van der Waals surface area contributed by atoms with Crippen molar-refractivity contribution in [2.45, 2.75) is 6.92 Å². The quantitative estimate of drug-likeness (QED) is 0.325. The van der Waals surface area contributed by atoms with Gasteiger partial charge < -0.3 is 10.2 Å². The number of carbonyl (C=O) groups is 1. The molecule has 0 fully saturated rings. The second-order valence-corrected chi connectivity index (χ2v) is 1.54. The zero-order valence-electron chi connectivity index (χ0n) is 5.49. The Morgan fingerprint density at radius 2 is 2.40 bits per heavy atom. The van der Waals surface area contributed by atoms with Gasteiger partial charge >= 0.3 is 0 Å². The molecule has 0 heterocycles. The zero-order valence-corrected chi connectivity index (χ0v) is 5.49. The summed E-state index contributed by atoms with van der Waals surface area (Å²) in [5.74, 6) is -0.230. The summed E-state index contributed by atoms with van der Waals surface area (Å²) >= 11 is 0. The van der Waals surface area contributed by atoms with E-state index in [4.69, 9.17) is 0 Å². The van der Waals surface area contributed by atoms with Crippen molar-refractivity contribution >= 4 is 5.91 Å². The summed E-state index contributed by atoms with van der Waals surface area (Å²) in [5.41, 5.74) is 0. The van der Waals surface area contributed by atoms with Crippen molar-refractivity contribution in [1.82, 2.24) is 5.32 Å². The first kappa shape index (κ1) is 8.67. The van der Waals surface area contributed by atoms with E-state index in [0.717, 1.165) is 0 Å². The minimum absolute atomic E-state index is 0.105. The Hall–Kier alpha value is -1.33. The molecule has 0 aromatic carbocycles. The molecule has 0 bridgehead atoms. The van der Waals surface area contributed by atoms with Gasteiger partial charge in [-0.3, -0.25) is 4.79 Å². The van der Waals surface area contributed by atoms with E-state index in [1.165, 1.54) is 6.92 Å². The van der Waals surface area contributed by atoms with Crippen LogP contribution in [0.3, 0.4) is 0 Å². The molecule has 0 saturated carbocycles. The highest BCUT2D eigenvalue weighted by Gasteiger charge is 1.93. The van der Waals surface area contributed by atoms with E-state index in [1.54, 1.807) is 0 Å². The lowest BCUT2D eigenvalue weighted by Crippen LogP contribution is -2.25. The lowest BCUT2D eigenvalue weighted by atomic mass is 10.6. The number of rotatable bonds is 4. The highest BCUT2D eigenvalue weighted by molar-refractivity contribution is 5.72. The van der Waals surface area contributed by atoms with Crippen LogP contribution >= 0.6 is 0 Å². The topological polar surface area (TPSA) is 81.5 Å². The fourth-order valence-corrected chi connectivity index (χ4v) is 0.347. The summed E-state index contributed by atoms with van der Waals surface area (Å²) in [6.07, 6.45) is 0. The molecule has 6 nitrogen and oxygen atoms in total. The molecule has 0 aliphatic rings. The molecule has 0 aliphatic heterocycles. The summed E-state index contributed by atoms with van der Waals surface area (Å²) in [4.78, 5) is 23.6. The molecule has 0 radical (unpaired) electrons. The number of hydrogen-bond donors (Lipinski definition) is 1. The van der Waals surface area contributed by atoms with Crippen LogP contribution in [0.2, 0.25) is 0 Å². The lowest BCUT2D eigenvalue weighted by Gasteiger charge is -1.98. The molecule has 58 valence electrons. The molecular weight excluding hydrogens is 140 g/mol. The van der Waals surface area contributed by atoms with Crippen LogP contribution in [-0.4, -0.2) is 24.1 Å². The van der Waals surface area contributed by atoms with Gasteiger partial charge in [0, 0.05) is 13.5 Å². The van der Waals surface area contributed by atoms with Crippen LogP contribution in [0.15, 0.2) is 0 Å². The number of hydrogen-bond acceptors (Lipinski definition) is 4. The maximum absolute atomic E-state index is 10.2. The summed E-state index contributed by atoms with van der Waals surface area (Å²) in [6.45, 7) is 1.38. The van der Waals surface area contributed by atoms with Crippen LogP contribution in [0.1, 0.15) is 6.92 Å². The van der Waals surface area contributed by atoms with E-state index >= 15 is 0 Å². The molecule has 0 unspecified atom stereocenters. The zero-order chi connectivity index (χ0) is 7.98. The lowest BCUT2D eigenvalue weighted by molar-refractivity contribution is -0.757. The fraction of sp³-hybridized carbons (Fsp3) is 0.750. The molecule has 1 N–H and O–H groups in total. The summed E-state index contributed by atoms with van der Waals surface area (Å²) in [5, 5.41) is 10.9. The van der Waals surface area contributed by atoms with Crippen molar-refractivity contribution in [3.63, 3.8) is 0 Å². The van der Waals surface area contributed by atoms with Gasteiger partial charge in [0.1, 0.15) is 6.61 Å². The molecule has 0 aromatic rings. The average molecular weight is 148 g/mol. The summed E-state index contributed by atoms with van der Waals surface area (Å²) in [6, 6.07) is 0. The van der Waals surface area contributed by atoms with Crippen LogP contribution in [0, 0.1) is 10.1 Å². The van der Waals surface area contributed by atoms with Gasteiger partial charge in [0.2, 0.25) is 5.91 Å². The van der Waals surface area contributed by atoms with Crippen molar-refractivity contribution in [2.24, 2.45) is 0 Å². The normalized spacial score (nSPS) is 8.50. The van der Waals surface area contributed by atoms with E-state index in [-0.39, 0.29) is 19.1 Å². The molecule has 0 saturated heterocycles. The van der Waals surface area contributed by atoms with Crippen LogP contribution in [0.5, 0.6) is 0 Å². The van der Waals surface area contributed by atoms with E-state index in [1.807, 2.05) is 0 Å². The van der Waals surface area contributed by atoms with Crippen molar-refractivity contribution in [3.8, 4) is 0 Å². The minimum Gasteiger partial charge on any atom is -0.354 e. The first-order valence-corrected chi connectivity index (χ1v) is 2.64. The summed E-state index contributed by atoms with van der Waals surface area (Å²) in [7, 11) is 0. The number of carbonyl (C=O) groups excluding carboxylic acids is 1. The third kappa shape index (κ3) is 6.67. The van der Waals surface area contributed by atoms with E-state index in [9.17, 15) is 14.9 Å². The third-order valence-electron chi connectivity index (χ3n) is 0.673. The molecule has 0 rings (SSSR count). The Bertz CT molecular complexity index is 119. The van der Waals surface area contributed by atoms with E-state index < -0.39 is 5.09 Å². The first-order valence-electron chi connectivity index (χ1n) is 2.64. The third-order valence-corrected chi connectivity index (χ3v) is 0.673. The van der Waals surface area contributed by atoms with E-state index in [2.05, 4.69) is 10.2 Å². The van der Waals surface area contributed by atoms with Gasteiger partial charge in [-0.25, -0.2) is 0 Å². The second-order valence-electron chi connectivity index (χ2n) is 1.54. The largest absolute Gasteiger partial charge is 0.354 e. The minimum atomic E-state index is -0.901. The van der Waals surface area contributed by atoms with Crippen LogP contribution in [-0.2, 0) is 9.63 Å². The van der Waals surface area contributed by atoms with Crippen molar-refractivity contribution < 1.29 is 14.7 Å². The predicted molar refractivity (Wildman–Crippen MR) is 31.6 cm³/mol. The average Bonchev–Trinajstić information content (AvgIpc) is 1.79. The van der Waals surface area contributed by atoms with Gasteiger partial charge in [0.05, 0.1) is 0 Å². The van der Waals surface area contributed by atoms with Gasteiger partial charge in [-0.2, -0.15) is 0 Å². The summed E-state index contributed by atoms with van der Waals surface area (Å²) < 4.78 is 0. The smallest absolute Gasteiger partial charge is 0.294 e. The monoisotopic (exact) mass is 148 g/mol. The number of nitrogens with zero attached hydrogens (tertiary/aromatic N) is 1. The predicted octanol–water partition coefficient (Wildman–Crippen LogP) is -0.669. The number of amides is 1. The van der Waals surface area contributed by atoms with Gasteiger partial charge in [0.25, 0.3) is 5.09 Å². The van der Waals surface area contributed by atoms with E-state index in [0.29, 0.717) is 0 Å². The molecule has 6 heteroatoms. The molecular formula is C4H8N2O4. The SMILES string of the molecule is CC(=O)NCCO[N+](=O)[O-]. The number of nitrogens with one attached hydrogen (secondary N) is 1. The Balaban J connectivity index is 3.06. The van der Waals surface area contributed by atoms with Gasteiger partial charge in [-0.15, -0.1) is 10.1 Å². The Kier molecular flexibility index (Phi) is 3.94. The van der Waals surface area contributed by atoms with Crippen molar-refractivity contribution in [2.75, 3.05) is 13.2 Å². The van der Waals surface area contributed by atoms with Crippen molar-refractivity contribution in [3.05, 3.63) is 10.1 Å². The van der Waals surface area contributed by atoms with Gasteiger partial charge in [-0.1, -0.05) is 0 Å². The molecule has 0 aliphatic carbocycles. The first-order chi connectivity index (χ1) is 4.63. The standard InChI is InChI=1S/C4H8N2O4/c1-4(7)5-2-3-10-6(8)9/h2-3H2,1H3,(H,5,7). The Morgan fingerprint density at radius 3 is 2.80 bits per heavy atom. The maximum atomic E-state index is 10.2. The molecule has 1 amide bonds. The maximum Gasteiger partial charge on any atom is 0.294 e.